The molecule has 0 fully saturated rings. The van der Waals surface area contributed by atoms with Gasteiger partial charge in [0.15, 0.2) is 0 Å². The fraction of sp³-hybridized carbons (Fsp3) is 0. The van der Waals surface area contributed by atoms with Gasteiger partial charge in [-0.05, 0) is 17.7 Å². The van der Waals surface area contributed by atoms with Gasteiger partial charge in [-0.2, -0.15) is 5.06 Å². The van der Waals surface area contributed by atoms with Crippen LogP contribution in [0.25, 0.3) is 11.8 Å². The summed E-state index contributed by atoms with van der Waals surface area (Å²) < 4.78 is 0. The van der Waals surface area contributed by atoms with Gasteiger partial charge in [0, 0.05) is 5.56 Å². The molecule has 0 radical (unpaired) electrons. The second-order valence-electron chi connectivity index (χ2n) is 4.10. The van der Waals surface area contributed by atoms with Crippen LogP contribution in [0.4, 0.5) is 0 Å². The lowest BCUT2D eigenvalue weighted by Crippen LogP contribution is -2.17. The lowest BCUT2D eigenvalue weighted by molar-refractivity contribution is -0.00674. The maximum atomic E-state index is 11.8. The molecule has 0 aromatic heterocycles. The maximum Gasteiger partial charge on any atom is 0.282 e. The Morgan fingerprint density at radius 1 is 0.889 bits per heavy atom. The van der Waals surface area contributed by atoms with Gasteiger partial charge in [0.25, 0.3) is 5.91 Å². The van der Waals surface area contributed by atoms with Crippen LogP contribution in [0.3, 0.4) is 0 Å². The number of hydrogen-bond acceptors (Lipinski definition) is 2. The molecule has 3 nitrogen and oxygen atoms in total. The Hall–Kier alpha value is -2.39. The van der Waals surface area contributed by atoms with Crippen LogP contribution in [0.2, 0.25) is 0 Å². The summed E-state index contributed by atoms with van der Waals surface area (Å²) in [6.45, 7) is 0. The second-order valence-corrected chi connectivity index (χ2v) is 4.10. The molecule has 88 valence electrons. The zero-order chi connectivity index (χ0) is 12.5. The van der Waals surface area contributed by atoms with E-state index in [1.54, 1.807) is 18.2 Å². The smallest absolute Gasteiger partial charge is 0.281 e. The Balaban J connectivity index is 2.14. The minimum Gasteiger partial charge on any atom is -0.281 e. The van der Waals surface area contributed by atoms with E-state index in [9.17, 15) is 10.0 Å². The van der Waals surface area contributed by atoms with Crippen molar-refractivity contribution in [2.45, 2.75) is 0 Å². The third-order valence-electron chi connectivity index (χ3n) is 2.96. The van der Waals surface area contributed by atoms with E-state index in [1.807, 2.05) is 42.5 Å². The molecule has 1 amide bonds. The largest absolute Gasteiger partial charge is 0.282 e. The predicted octanol–water partition coefficient (Wildman–Crippen LogP) is 3.03. The molecule has 0 bridgehead atoms. The molecule has 3 heteroatoms. The van der Waals surface area contributed by atoms with Crippen LogP contribution in [0.1, 0.15) is 21.5 Å². The molecular formula is C15H11NO2. The number of rotatable bonds is 1. The molecule has 0 unspecified atom stereocenters. The molecule has 0 saturated carbocycles. The van der Waals surface area contributed by atoms with Gasteiger partial charge in [-0.15, -0.1) is 0 Å². The molecule has 2 aromatic carbocycles. The van der Waals surface area contributed by atoms with Gasteiger partial charge < -0.3 is 0 Å². The van der Waals surface area contributed by atoms with Crippen LogP contribution in [0, 0.1) is 0 Å². The third kappa shape index (κ3) is 1.61. The van der Waals surface area contributed by atoms with E-state index in [-0.39, 0.29) is 5.91 Å². The van der Waals surface area contributed by atoms with E-state index in [0.29, 0.717) is 16.3 Å². The zero-order valence-corrected chi connectivity index (χ0v) is 9.58. The van der Waals surface area contributed by atoms with Crippen molar-refractivity contribution in [1.29, 1.82) is 0 Å². The van der Waals surface area contributed by atoms with Gasteiger partial charge in [-0.25, -0.2) is 0 Å². The van der Waals surface area contributed by atoms with Crippen molar-refractivity contribution in [3.05, 3.63) is 71.3 Å². The van der Waals surface area contributed by atoms with Crippen LogP contribution in [-0.2, 0) is 0 Å². The van der Waals surface area contributed by atoms with Crippen molar-refractivity contribution in [2.75, 3.05) is 0 Å². The molecule has 1 heterocycles. The normalized spacial score (nSPS) is 16.2. The second kappa shape index (κ2) is 4.13. The Morgan fingerprint density at radius 2 is 1.50 bits per heavy atom. The lowest BCUT2D eigenvalue weighted by atomic mass is 10.1. The number of carbonyl (C=O) groups excluding carboxylic acids is 1. The van der Waals surface area contributed by atoms with Crippen LogP contribution < -0.4 is 0 Å². The maximum absolute atomic E-state index is 11.8. The SMILES string of the molecule is O=C1c2ccccc2/C(=C/c2ccccc2)N1O. The summed E-state index contributed by atoms with van der Waals surface area (Å²) >= 11 is 0. The average Bonchev–Trinajstić information content (AvgIpc) is 2.66. The summed E-state index contributed by atoms with van der Waals surface area (Å²) in [4.78, 5) is 11.8. The van der Waals surface area contributed by atoms with Crippen molar-refractivity contribution in [3.63, 3.8) is 0 Å². The van der Waals surface area contributed by atoms with Crippen molar-refractivity contribution in [3.8, 4) is 0 Å². The average molecular weight is 237 g/mol. The van der Waals surface area contributed by atoms with Gasteiger partial charge in [0.1, 0.15) is 0 Å². The van der Waals surface area contributed by atoms with Crippen LogP contribution in [0.15, 0.2) is 54.6 Å². The van der Waals surface area contributed by atoms with E-state index >= 15 is 0 Å². The summed E-state index contributed by atoms with van der Waals surface area (Å²) in [5, 5.41) is 10.6. The van der Waals surface area contributed by atoms with E-state index in [1.165, 1.54) is 0 Å². The standard InChI is InChI=1S/C15H11NO2/c17-15-13-9-5-4-8-12(13)14(16(15)18)10-11-6-2-1-3-7-11/h1-10,18H/b14-10-. The number of hydroxylamine groups is 2. The fourth-order valence-corrected chi connectivity index (χ4v) is 2.08. The Morgan fingerprint density at radius 3 is 2.22 bits per heavy atom. The van der Waals surface area contributed by atoms with E-state index in [4.69, 9.17) is 0 Å². The Bertz CT molecular complexity index is 632. The number of fused-ring (bicyclic) bond motifs is 1. The summed E-state index contributed by atoms with van der Waals surface area (Å²) in [6.07, 6.45) is 1.80. The molecular weight excluding hydrogens is 226 g/mol. The van der Waals surface area contributed by atoms with E-state index in [2.05, 4.69) is 0 Å². The predicted molar refractivity (Wildman–Crippen MR) is 68.7 cm³/mol. The first kappa shape index (κ1) is 10.7. The van der Waals surface area contributed by atoms with Gasteiger partial charge in [-0.1, -0.05) is 48.5 Å². The molecule has 0 atom stereocenters. The quantitative estimate of drug-likeness (QED) is 0.774. The number of nitrogens with zero attached hydrogens (tertiary/aromatic N) is 1. The Kier molecular flexibility index (Phi) is 2.46. The molecule has 2 aromatic rings. The highest BCUT2D eigenvalue weighted by molar-refractivity contribution is 6.10. The van der Waals surface area contributed by atoms with E-state index < -0.39 is 0 Å². The van der Waals surface area contributed by atoms with Gasteiger partial charge >= 0.3 is 0 Å². The summed E-state index contributed by atoms with van der Waals surface area (Å²) in [5.41, 5.74) is 2.74. The highest BCUT2D eigenvalue weighted by Gasteiger charge is 2.30. The molecule has 1 aliphatic rings. The van der Waals surface area contributed by atoms with Crippen molar-refractivity contribution in [1.82, 2.24) is 5.06 Å². The number of carbonyl (C=O) groups is 1. The summed E-state index contributed by atoms with van der Waals surface area (Å²) in [6, 6.07) is 16.8. The van der Waals surface area contributed by atoms with E-state index in [0.717, 1.165) is 11.1 Å². The third-order valence-corrected chi connectivity index (χ3v) is 2.96. The molecule has 1 aliphatic heterocycles. The van der Waals surface area contributed by atoms with Crippen LogP contribution in [0.5, 0.6) is 0 Å². The fourth-order valence-electron chi connectivity index (χ4n) is 2.08. The highest BCUT2D eigenvalue weighted by atomic mass is 16.5. The highest BCUT2D eigenvalue weighted by Crippen LogP contribution is 2.32. The number of amides is 1. The number of hydrogen-bond donors (Lipinski definition) is 1. The number of benzene rings is 2. The minimum atomic E-state index is -0.382. The van der Waals surface area contributed by atoms with Gasteiger partial charge in [0.2, 0.25) is 0 Å². The topological polar surface area (TPSA) is 40.5 Å². The van der Waals surface area contributed by atoms with Crippen LogP contribution >= 0.6 is 0 Å². The molecule has 0 aliphatic carbocycles. The molecule has 0 spiro atoms. The monoisotopic (exact) mass is 237 g/mol. The Labute approximate surface area is 105 Å². The van der Waals surface area contributed by atoms with Crippen molar-refractivity contribution < 1.29 is 10.0 Å². The minimum absolute atomic E-state index is 0.382. The van der Waals surface area contributed by atoms with Crippen LogP contribution in [-0.4, -0.2) is 16.2 Å². The first-order valence-corrected chi connectivity index (χ1v) is 5.67. The molecule has 3 rings (SSSR count). The van der Waals surface area contributed by atoms with Gasteiger partial charge in [0.05, 0.1) is 11.3 Å². The first-order chi connectivity index (χ1) is 8.77. The lowest BCUT2D eigenvalue weighted by Gasteiger charge is -2.08. The molecule has 1 N–H and O–H groups in total. The summed E-state index contributed by atoms with van der Waals surface area (Å²) in [7, 11) is 0. The zero-order valence-electron chi connectivity index (χ0n) is 9.58. The molecule has 0 saturated heterocycles. The van der Waals surface area contributed by atoms with Gasteiger partial charge in [-0.3, -0.25) is 10.0 Å². The van der Waals surface area contributed by atoms with Crippen molar-refractivity contribution in [2.24, 2.45) is 0 Å². The summed E-state index contributed by atoms with van der Waals surface area (Å²) in [5.74, 6) is -0.382. The van der Waals surface area contributed by atoms with Crippen molar-refractivity contribution >= 4 is 17.7 Å². The molecule has 18 heavy (non-hydrogen) atoms. The first-order valence-electron chi connectivity index (χ1n) is 5.67.